The molecule has 0 radical (unpaired) electrons. The summed E-state index contributed by atoms with van der Waals surface area (Å²) in [6, 6.07) is 1.83. The first-order chi connectivity index (χ1) is 14.6. The number of halogens is 1. The van der Waals surface area contributed by atoms with Crippen molar-refractivity contribution in [3.8, 4) is 11.5 Å². The minimum Gasteiger partial charge on any atom is -0.504 e. The van der Waals surface area contributed by atoms with Gasteiger partial charge >= 0.3 is 0 Å². The number of allylic oxidation sites excluding steroid dienone is 3. The molecule has 0 fully saturated rings. The molecule has 5 heteroatoms. The molecule has 0 bridgehead atoms. The zero-order valence-electron chi connectivity index (χ0n) is 20.5. The van der Waals surface area contributed by atoms with E-state index in [1.165, 1.54) is 16.7 Å². The fourth-order valence-corrected chi connectivity index (χ4v) is 4.38. The largest absolute Gasteiger partial charge is 0.504 e. The third-order valence-electron chi connectivity index (χ3n) is 5.73. The van der Waals surface area contributed by atoms with Gasteiger partial charge in [0.05, 0.1) is 17.7 Å². The maximum atomic E-state index is 10.4. The number of phenols is 1. The Balaban J connectivity index is 2.75. The second-order valence-electron chi connectivity index (χ2n) is 9.14. The van der Waals surface area contributed by atoms with E-state index in [2.05, 4.69) is 74.8 Å². The Hall–Kier alpha value is -1.30. The number of phenolic OH excluding ortho intramolecular Hbond substituents is 1. The van der Waals surface area contributed by atoms with Gasteiger partial charge in [0.1, 0.15) is 0 Å². The summed E-state index contributed by atoms with van der Waals surface area (Å²) in [6.45, 7) is 9.37. The molecule has 4 nitrogen and oxygen atoms in total. The predicted octanol–water partition coefficient (Wildman–Crippen LogP) is 6.28. The highest BCUT2D eigenvalue weighted by Gasteiger charge is 2.17. The van der Waals surface area contributed by atoms with Gasteiger partial charge in [0.15, 0.2) is 11.5 Å². The molecule has 0 heterocycles. The molecule has 2 N–H and O–H groups in total. The fraction of sp³-hybridized carbons (Fsp3) is 0.615. The lowest BCUT2D eigenvalue weighted by Gasteiger charge is -2.18. The van der Waals surface area contributed by atoms with E-state index in [0.29, 0.717) is 11.7 Å². The van der Waals surface area contributed by atoms with Crippen molar-refractivity contribution in [2.45, 2.75) is 72.3 Å². The Labute approximate surface area is 198 Å². The molecule has 0 aromatic heterocycles. The Morgan fingerprint density at radius 1 is 1.23 bits per heavy atom. The standard InChI is InChI=1S/C26H42BrNO3/c1-18(2)11-14-23(29)20(4)10-8-9-19(3)12-13-21-17-24(30)26(31-7)25(27)22(21)15-16-28(5)6/h11-12,17,20,23,29-30H,8-10,13-16H2,1-7H3/b19-12+/t20-,23+/m0/s1. The molecule has 1 rings (SSSR count). The molecular weight excluding hydrogens is 454 g/mol. The number of likely N-dealkylation sites (N-methyl/N-ethyl adjacent to an activating group) is 1. The van der Waals surface area contributed by atoms with E-state index in [-0.39, 0.29) is 11.9 Å². The number of methoxy groups -OCH3 is 1. The monoisotopic (exact) mass is 495 g/mol. The zero-order valence-corrected chi connectivity index (χ0v) is 22.1. The highest BCUT2D eigenvalue weighted by molar-refractivity contribution is 9.10. The third-order valence-corrected chi connectivity index (χ3v) is 6.57. The van der Waals surface area contributed by atoms with Crippen LogP contribution in [0.15, 0.2) is 33.8 Å². The van der Waals surface area contributed by atoms with Crippen LogP contribution in [0.5, 0.6) is 11.5 Å². The molecule has 0 saturated heterocycles. The van der Waals surface area contributed by atoms with Gasteiger partial charge in [-0.15, -0.1) is 0 Å². The van der Waals surface area contributed by atoms with Gasteiger partial charge in [-0.05, 0) is 112 Å². The number of nitrogens with zero attached hydrogens (tertiary/aromatic N) is 1. The first-order valence-corrected chi connectivity index (χ1v) is 12.0. The molecule has 0 amide bonds. The van der Waals surface area contributed by atoms with Crippen LogP contribution in [0, 0.1) is 5.92 Å². The summed E-state index contributed by atoms with van der Waals surface area (Å²) in [7, 11) is 5.71. The van der Waals surface area contributed by atoms with E-state index in [1.807, 2.05) is 6.07 Å². The van der Waals surface area contributed by atoms with Crippen molar-refractivity contribution in [3.63, 3.8) is 0 Å². The molecule has 31 heavy (non-hydrogen) atoms. The predicted molar refractivity (Wildman–Crippen MR) is 135 cm³/mol. The van der Waals surface area contributed by atoms with Gasteiger partial charge in [0, 0.05) is 6.54 Å². The van der Waals surface area contributed by atoms with Gasteiger partial charge in [-0.2, -0.15) is 0 Å². The number of aliphatic hydroxyl groups is 1. The quantitative estimate of drug-likeness (QED) is 0.316. The Morgan fingerprint density at radius 2 is 1.90 bits per heavy atom. The first-order valence-electron chi connectivity index (χ1n) is 11.3. The first kappa shape index (κ1) is 27.7. The minimum absolute atomic E-state index is 0.170. The summed E-state index contributed by atoms with van der Waals surface area (Å²) in [5.74, 6) is 0.970. The van der Waals surface area contributed by atoms with Gasteiger partial charge in [-0.1, -0.05) is 30.2 Å². The van der Waals surface area contributed by atoms with E-state index in [1.54, 1.807) is 7.11 Å². The number of aromatic hydroxyl groups is 1. The van der Waals surface area contributed by atoms with Gasteiger partial charge in [0.25, 0.3) is 0 Å². The van der Waals surface area contributed by atoms with Crippen LogP contribution in [0.4, 0.5) is 0 Å². The van der Waals surface area contributed by atoms with Crippen molar-refractivity contribution >= 4 is 15.9 Å². The lowest BCUT2D eigenvalue weighted by atomic mass is 9.93. The molecule has 0 saturated carbocycles. The van der Waals surface area contributed by atoms with Gasteiger partial charge in [-0.25, -0.2) is 0 Å². The molecule has 0 spiro atoms. The number of ether oxygens (including phenoxy) is 1. The zero-order chi connectivity index (χ0) is 23.6. The van der Waals surface area contributed by atoms with Crippen LogP contribution in [0.2, 0.25) is 0 Å². The van der Waals surface area contributed by atoms with Gasteiger partial charge < -0.3 is 19.8 Å². The van der Waals surface area contributed by atoms with Gasteiger partial charge in [-0.3, -0.25) is 0 Å². The van der Waals surface area contributed by atoms with Crippen LogP contribution in [-0.2, 0) is 12.8 Å². The average molecular weight is 497 g/mol. The molecular formula is C26H42BrNO3. The number of rotatable bonds is 13. The van der Waals surface area contributed by atoms with Crippen molar-refractivity contribution in [2.24, 2.45) is 5.92 Å². The maximum absolute atomic E-state index is 10.4. The summed E-state index contributed by atoms with van der Waals surface area (Å²) in [5, 5.41) is 20.7. The second kappa shape index (κ2) is 14.0. The minimum atomic E-state index is -0.266. The molecule has 0 aliphatic rings. The van der Waals surface area contributed by atoms with E-state index < -0.39 is 0 Å². The normalized spacial score (nSPS) is 13.9. The molecule has 0 aliphatic heterocycles. The van der Waals surface area contributed by atoms with Crippen molar-refractivity contribution in [1.29, 1.82) is 0 Å². The van der Waals surface area contributed by atoms with Crippen LogP contribution in [0.3, 0.4) is 0 Å². The highest BCUT2D eigenvalue weighted by atomic mass is 79.9. The second-order valence-corrected chi connectivity index (χ2v) is 9.94. The molecule has 1 aromatic rings. The van der Waals surface area contributed by atoms with Crippen molar-refractivity contribution in [2.75, 3.05) is 27.7 Å². The molecule has 1 aromatic carbocycles. The van der Waals surface area contributed by atoms with Crippen LogP contribution in [0.1, 0.15) is 64.5 Å². The van der Waals surface area contributed by atoms with Crippen molar-refractivity contribution in [3.05, 3.63) is 45.0 Å². The topological polar surface area (TPSA) is 52.9 Å². The SMILES string of the molecule is COc1c(O)cc(C/C=C(\C)CCC[C@H](C)[C@H](O)CC=C(C)C)c(CCN(C)C)c1Br. The van der Waals surface area contributed by atoms with Gasteiger partial charge in [0.2, 0.25) is 0 Å². The van der Waals surface area contributed by atoms with E-state index >= 15 is 0 Å². The number of hydrogen-bond donors (Lipinski definition) is 2. The molecule has 0 unspecified atom stereocenters. The summed E-state index contributed by atoms with van der Waals surface area (Å²) < 4.78 is 6.22. The lowest BCUT2D eigenvalue weighted by molar-refractivity contribution is 0.113. The van der Waals surface area contributed by atoms with Crippen molar-refractivity contribution in [1.82, 2.24) is 4.90 Å². The highest BCUT2D eigenvalue weighted by Crippen LogP contribution is 2.39. The molecule has 176 valence electrons. The summed E-state index contributed by atoms with van der Waals surface area (Å²) >= 11 is 3.64. The maximum Gasteiger partial charge on any atom is 0.174 e. The Kier molecular flexibility index (Phi) is 12.5. The smallest absolute Gasteiger partial charge is 0.174 e. The van der Waals surface area contributed by atoms with Crippen LogP contribution >= 0.6 is 15.9 Å². The van der Waals surface area contributed by atoms with Crippen molar-refractivity contribution < 1.29 is 14.9 Å². The summed E-state index contributed by atoms with van der Waals surface area (Å²) in [6.07, 6.45) is 9.63. The Bertz CT molecular complexity index is 752. The number of aliphatic hydroxyl groups excluding tert-OH is 1. The average Bonchev–Trinajstić information content (AvgIpc) is 2.69. The summed E-state index contributed by atoms with van der Waals surface area (Å²) in [4.78, 5) is 2.16. The molecule has 2 atom stereocenters. The fourth-order valence-electron chi connectivity index (χ4n) is 3.56. The van der Waals surface area contributed by atoms with E-state index in [9.17, 15) is 10.2 Å². The number of hydrogen-bond acceptors (Lipinski definition) is 4. The number of benzene rings is 1. The molecule has 0 aliphatic carbocycles. The lowest BCUT2D eigenvalue weighted by Crippen LogP contribution is -2.16. The third kappa shape index (κ3) is 9.80. The summed E-state index contributed by atoms with van der Waals surface area (Å²) in [5.41, 5.74) is 4.91. The van der Waals surface area contributed by atoms with E-state index in [4.69, 9.17) is 4.74 Å². The van der Waals surface area contributed by atoms with E-state index in [0.717, 1.165) is 55.1 Å². The van der Waals surface area contributed by atoms with Crippen LogP contribution < -0.4 is 4.74 Å². The van der Waals surface area contributed by atoms with Crippen LogP contribution in [-0.4, -0.2) is 49.0 Å². The van der Waals surface area contributed by atoms with Crippen LogP contribution in [0.25, 0.3) is 0 Å². The Morgan fingerprint density at radius 3 is 2.48 bits per heavy atom.